The second-order valence-corrected chi connectivity index (χ2v) is 9.82. The number of nitrogens with two attached hydrogens (primary N) is 1. The van der Waals surface area contributed by atoms with Gasteiger partial charge in [-0.1, -0.05) is 18.2 Å². The lowest BCUT2D eigenvalue weighted by molar-refractivity contribution is 0.108. The third-order valence-electron chi connectivity index (χ3n) is 7.30. The summed E-state index contributed by atoms with van der Waals surface area (Å²) in [6.45, 7) is 1.95. The number of amides is 1. The lowest BCUT2D eigenvalue weighted by Crippen LogP contribution is -2.21. The number of nitrogens with one attached hydrogen (secondary N) is 1. The van der Waals surface area contributed by atoms with Crippen molar-refractivity contribution in [1.82, 2.24) is 9.55 Å². The van der Waals surface area contributed by atoms with Gasteiger partial charge in [0.2, 0.25) is 5.88 Å². The standard InChI is InChI=1S/C29H30N4O3/c1-18(19-8-9-19)35-29(34)32-21-12-10-20(11-13-21)28-27(30)24-15-14-23(36-26-7-2-3-16-31-26)17-25(24)33(28)22-5-4-6-22/h2-3,7,10-19,22H,4-6,8-9,30H2,1H3,(H,32,34). The Hall–Kier alpha value is -4.00. The molecular weight excluding hydrogens is 452 g/mol. The highest BCUT2D eigenvalue weighted by Crippen LogP contribution is 2.45. The van der Waals surface area contributed by atoms with Crippen molar-refractivity contribution in [3.05, 3.63) is 66.9 Å². The number of anilines is 2. The fraction of sp³-hybridized carbons (Fsp3) is 0.310. The summed E-state index contributed by atoms with van der Waals surface area (Å²) in [6.07, 6.45) is 6.97. The first-order chi connectivity index (χ1) is 17.6. The number of fused-ring (bicyclic) bond motifs is 1. The van der Waals surface area contributed by atoms with E-state index in [0.717, 1.165) is 59.3 Å². The van der Waals surface area contributed by atoms with Gasteiger partial charge in [-0.15, -0.1) is 0 Å². The molecule has 0 spiro atoms. The minimum absolute atomic E-state index is 0.0474. The number of carbonyl (C=O) groups is 1. The lowest BCUT2D eigenvalue weighted by Gasteiger charge is -2.30. The first kappa shape index (κ1) is 22.5. The number of pyridine rings is 1. The van der Waals surface area contributed by atoms with E-state index in [0.29, 0.717) is 23.5 Å². The maximum Gasteiger partial charge on any atom is 0.411 e. The Kier molecular flexibility index (Phi) is 5.76. The molecule has 6 rings (SSSR count). The first-order valence-corrected chi connectivity index (χ1v) is 12.7. The fourth-order valence-electron chi connectivity index (χ4n) is 4.92. The molecule has 3 N–H and O–H groups in total. The third-order valence-corrected chi connectivity index (χ3v) is 7.30. The average molecular weight is 483 g/mol. The van der Waals surface area contributed by atoms with Crippen LogP contribution in [-0.4, -0.2) is 21.7 Å². The number of rotatable bonds is 7. The summed E-state index contributed by atoms with van der Waals surface area (Å²) in [6, 6.07) is 19.8. The predicted molar refractivity (Wildman–Crippen MR) is 141 cm³/mol. The topological polar surface area (TPSA) is 91.4 Å². The van der Waals surface area contributed by atoms with E-state index in [9.17, 15) is 4.79 Å². The van der Waals surface area contributed by atoms with E-state index in [1.54, 1.807) is 6.20 Å². The molecule has 7 heteroatoms. The van der Waals surface area contributed by atoms with E-state index in [2.05, 4.69) is 20.9 Å². The molecule has 1 atom stereocenters. The zero-order valence-electron chi connectivity index (χ0n) is 20.3. The minimum atomic E-state index is -0.411. The van der Waals surface area contributed by atoms with Crippen molar-refractivity contribution < 1.29 is 14.3 Å². The Morgan fingerprint density at radius 3 is 2.56 bits per heavy atom. The normalized spacial score (nSPS) is 16.4. The Morgan fingerprint density at radius 1 is 1.08 bits per heavy atom. The molecule has 2 aromatic carbocycles. The molecule has 2 fully saturated rings. The van der Waals surface area contributed by atoms with Gasteiger partial charge in [0.05, 0.1) is 16.9 Å². The van der Waals surface area contributed by atoms with Crippen LogP contribution in [0.25, 0.3) is 22.2 Å². The van der Waals surface area contributed by atoms with E-state index in [4.69, 9.17) is 15.2 Å². The van der Waals surface area contributed by atoms with E-state index >= 15 is 0 Å². The van der Waals surface area contributed by atoms with Crippen LogP contribution in [0, 0.1) is 5.92 Å². The van der Waals surface area contributed by atoms with Gasteiger partial charge in [-0.25, -0.2) is 9.78 Å². The van der Waals surface area contributed by atoms with Gasteiger partial charge in [-0.3, -0.25) is 5.32 Å². The quantitative estimate of drug-likeness (QED) is 0.292. The first-order valence-electron chi connectivity index (χ1n) is 12.7. The van der Waals surface area contributed by atoms with Gasteiger partial charge < -0.3 is 19.8 Å². The summed E-state index contributed by atoms with van der Waals surface area (Å²) >= 11 is 0. The van der Waals surface area contributed by atoms with Crippen molar-refractivity contribution in [2.45, 2.75) is 51.2 Å². The zero-order chi connectivity index (χ0) is 24.6. The summed E-state index contributed by atoms with van der Waals surface area (Å²) in [4.78, 5) is 16.5. The van der Waals surface area contributed by atoms with E-state index in [1.807, 2.05) is 61.5 Å². The summed E-state index contributed by atoms with van der Waals surface area (Å²) in [5.41, 5.74) is 11.2. The number of ether oxygens (including phenoxy) is 2. The molecule has 2 saturated carbocycles. The van der Waals surface area contributed by atoms with Gasteiger partial charge in [0.15, 0.2) is 0 Å². The number of benzene rings is 2. The van der Waals surface area contributed by atoms with Crippen LogP contribution in [0.2, 0.25) is 0 Å². The molecule has 2 heterocycles. The number of hydrogen-bond donors (Lipinski definition) is 2. The fourth-order valence-corrected chi connectivity index (χ4v) is 4.92. The number of hydrogen-bond acceptors (Lipinski definition) is 5. The van der Waals surface area contributed by atoms with E-state index < -0.39 is 6.09 Å². The van der Waals surface area contributed by atoms with Crippen LogP contribution in [0.3, 0.4) is 0 Å². The largest absolute Gasteiger partial charge is 0.446 e. The molecule has 2 aliphatic carbocycles. The van der Waals surface area contributed by atoms with Gasteiger partial charge in [0.1, 0.15) is 11.9 Å². The zero-order valence-corrected chi connectivity index (χ0v) is 20.3. The summed E-state index contributed by atoms with van der Waals surface area (Å²) < 4.78 is 13.9. The summed E-state index contributed by atoms with van der Waals surface area (Å²) in [5.74, 6) is 1.79. The van der Waals surface area contributed by atoms with Gasteiger partial charge in [-0.05, 0) is 75.3 Å². The van der Waals surface area contributed by atoms with Crippen LogP contribution in [0.5, 0.6) is 11.6 Å². The average Bonchev–Trinajstić information content (AvgIpc) is 3.66. The van der Waals surface area contributed by atoms with Crippen LogP contribution in [0.1, 0.15) is 45.1 Å². The van der Waals surface area contributed by atoms with Crippen molar-refractivity contribution in [2.24, 2.45) is 5.92 Å². The minimum Gasteiger partial charge on any atom is -0.446 e. The van der Waals surface area contributed by atoms with Crippen LogP contribution < -0.4 is 15.8 Å². The Bertz CT molecular complexity index is 1390. The van der Waals surface area contributed by atoms with Crippen molar-refractivity contribution >= 4 is 28.4 Å². The van der Waals surface area contributed by atoms with Gasteiger partial charge >= 0.3 is 6.09 Å². The highest BCUT2D eigenvalue weighted by atomic mass is 16.6. The molecule has 4 aromatic rings. The molecule has 2 aliphatic rings. The van der Waals surface area contributed by atoms with E-state index in [-0.39, 0.29) is 6.10 Å². The van der Waals surface area contributed by atoms with E-state index in [1.165, 1.54) is 6.42 Å². The molecular formula is C29H30N4O3. The van der Waals surface area contributed by atoms with Gasteiger partial charge in [0, 0.05) is 41.0 Å². The van der Waals surface area contributed by atoms with Crippen LogP contribution >= 0.6 is 0 Å². The van der Waals surface area contributed by atoms with Crippen molar-refractivity contribution in [3.8, 4) is 22.9 Å². The molecule has 2 aromatic heterocycles. The molecule has 0 aliphatic heterocycles. The summed E-state index contributed by atoms with van der Waals surface area (Å²) in [7, 11) is 0. The maximum absolute atomic E-state index is 12.3. The molecule has 0 saturated heterocycles. The molecule has 1 amide bonds. The third kappa shape index (κ3) is 4.37. The molecule has 7 nitrogen and oxygen atoms in total. The highest BCUT2D eigenvalue weighted by Gasteiger charge is 2.31. The number of carbonyl (C=O) groups excluding carboxylic acids is 1. The Labute approximate surface area is 210 Å². The molecule has 0 bridgehead atoms. The van der Waals surface area contributed by atoms with Gasteiger partial charge in [-0.2, -0.15) is 0 Å². The monoisotopic (exact) mass is 482 g/mol. The smallest absolute Gasteiger partial charge is 0.411 e. The SMILES string of the molecule is CC(OC(=O)Nc1ccc(-c2c(N)c3ccc(Oc4ccccn4)cc3n2C2CCC2)cc1)C1CC1. The highest BCUT2D eigenvalue weighted by molar-refractivity contribution is 6.01. The number of aromatic nitrogens is 2. The molecule has 184 valence electrons. The van der Waals surface area contributed by atoms with Crippen LogP contribution in [0.15, 0.2) is 66.9 Å². The number of nitrogens with zero attached hydrogens (tertiary/aromatic N) is 2. The van der Waals surface area contributed by atoms with Crippen molar-refractivity contribution in [3.63, 3.8) is 0 Å². The molecule has 0 radical (unpaired) electrons. The van der Waals surface area contributed by atoms with Gasteiger partial charge in [0.25, 0.3) is 0 Å². The second kappa shape index (κ2) is 9.22. The predicted octanol–water partition coefficient (Wildman–Crippen LogP) is 7.15. The maximum atomic E-state index is 12.3. The van der Waals surface area contributed by atoms with Crippen molar-refractivity contribution in [2.75, 3.05) is 11.1 Å². The Morgan fingerprint density at radius 2 is 1.89 bits per heavy atom. The summed E-state index contributed by atoms with van der Waals surface area (Å²) in [5, 5.41) is 3.85. The van der Waals surface area contributed by atoms with Crippen LogP contribution in [0.4, 0.5) is 16.2 Å². The lowest BCUT2D eigenvalue weighted by atomic mass is 9.92. The second-order valence-electron chi connectivity index (χ2n) is 9.82. The van der Waals surface area contributed by atoms with Crippen molar-refractivity contribution in [1.29, 1.82) is 0 Å². The van der Waals surface area contributed by atoms with Crippen LogP contribution in [-0.2, 0) is 4.74 Å². The molecule has 36 heavy (non-hydrogen) atoms. The molecule has 1 unspecified atom stereocenters. The number of nitrogen functional groups attached to an aromatic ring is 1. The Balaban J connectivity index is 1.30.